The molecule has 0 aromatic carbocycles. The van der Waals surface area contributed by atoms with Crippen LogP contribution in [-0.2, 0) is 36.7 Å². The van der Waals surface area contributed by atoms with Crippen LogP contribution < -0.4 is 41.0 Å². The number of hydrogen-bond donors (Lipinski definition) is 6. The van der Waals surface area contributed by atoms with E-state index in [4.69, 9.17) is 39.0 Å². The Kier molecular flexibility index (Phi) is 9.91. The Bertz CT molecular complexity index is 1710. The molecule has 22 nitrogen and oxygen atoms in total. The Hall–Kier alpha value is -2.24. The summed E-state index contributed by atoms with van der Waals surface area (Å²) in [4.78, 5) is 45.3. The maximum absolute atomic E-state index is 13.1. The van der Waals surface area contributed by atoms with E-state index >= 15 is 0 Å². The summed E-state index contributed by atoms with van der Waals surface area (Å²) in [6.45, 7) is -1.56. The van der Waals surface area contributed by atoms with Gasteiger partial charge in [-0.25, -0.2) is 39.0 Å². The fraction of sp³-hybridized carbons (Fsp3) is 0.524. The zero-order valence-corrected chi connectivity index (χ0v) is 26.8. The van der Waals surface area contributed by atoms with Crippen LogP contribution in [0, 0.1) is 0 Å². The molecule has 2 unspecified atom stereocenters. The van der Waals surface area contributed by atoms with Crippen LogP contribution in [0.1, 0.15) is 21.3 Å². The molecule has 3 fully saturated rings. The fourth-order valence-corrected chi connectivity index (χ4v) is 7.17. The summed E-state index contributed by atoms with van der Waals surface area (Å²) in [6.07, 6.45) is -7.30. The number of ether oxygens (including phenoxy) is 2. The number of aromatic nitrogens is 8. The van der Waals surface area contributed by atoms with E-state index in [9.17, 15) is 29.1 Å². The predicted octanol–water partition coefficient (Wildman–Crippen LogP) is -3.88. The van der Waals surface area contributed by atoms with Crippen molar-refractivity contribution in [2.45, 2.75) is 56.5 Å². The topological polar surface area (TPSA) is 310 Å². The predicted molar refractivity (Wildman–Crippen MR) is 148 cm³/mol. The van der Waals surface area contributed by atoms with Gasteiger partial charge >= 0.3 is 45.2 Å². The number of imidazole rings is 2. The first-order chi connectivity index (χ1) is 20.9. The van der Waals surface area contributed by atoms with Crippen molar-refractivity contribution in [2.24, 2.45) is 0 Å². The van der Waals surface area contributed by atoms with Gasteiger partial charge in [0.15, 0.2) is 35.4 Å². The number of fused-ring (bicyclic) bond motifs is 4. The molecule has 10 atom stereocenters. The van der Waals surface area contributed by atoms with Crippen LogP contribution in [0.15, 0.2) is 25.3 Å². The molecule has 8 N–H and O–H groups in total. The van der Waals surface area contributed by atoms with E-state index < -0.39 is 77.9 Å². The number of nitrogens with two attached hydrogens (primary N) is 2. The van der Waals surface area contributed by atoms with Crippen molar-refractivity contribution in [2.75, 3.05) is 24.7 Å². The van der Waals surface area contributed by atoms with E-state index in [1.54, 1.807) is 0 Å². The maximum atomic E-state index is 13.1. The third kappa shape index (κ3) is 6.20. The molecule has 3 aliphatic heterocycles. The third-order valence-electron chi connectivity index (χ3n) is 7.26. The van der Waals surface area contributed by atoms with Crippen LogP contribution in [0.2, 0.25) is 0 Å². The van der Waals surface area contributed by atoms with E-state index in [1.807, 2.05) is 0 Å². The molecular weight excluding hydrogens is 669 g/mol. The summed E-state index contributed by atoms with van der Waals surface area (Å²) in [5, 5.41) is 22.2. The van der Waals surface area contributed by atoms with E-state index in [0.29, 0.717) is 0 Å². The van der Waals surface area contributed by atoms with Crippen LogP contribution >= 0.6 is 15.6 Å². The number of nitrogens with zero attached hydrogens (tertiary/aromatic N) is 8. The van der Waals surface area contributed by atoms with Gasteiger partial charge < -0.3 is 42.4 Å². The van der Waals surface area contributed by atoms with Gasteiger partial charge in [0.25, 0.3) is 0 Å². The van der Waals surface area contributed by atoms with Gasteiger partial charge in [-0.2, -0.15) is 0 Å². The molecule has 0 saturated carbocycles. The van der Waals surface area contributed by atoms with Gasteiger partial charge in [-0.15, -0.1) is 0 Å². The number of anilines is 2. The molecule has 4 aromatic heterocycles. The molecule has 246 valence electrons. The van der Waals surface area contributed by atoms with Crippen molar-refractivity contribution in [3.63, 3.8) is 0 Å². The van der Waals surface area contributed by atoms with Crippen LogP contribution in [0.25, 0.3) is 22.3 Å². The van der Waals surface area contributed by atoms with Crippen molar-refractivity contribution in [3.8, 4) is 0 Å². The molecule has 3 saturated heterocycles. The average Bonchev–Trinajstić information content (AvgIpc) is 3.73. The van der Waals surface area contributed by atoms with Crippen molar-refractivity contribution >= 4 is 49.6 Å². The second kappa shape index (κ2) is 13.0. The molecule has 0 aliphatic carbocycles. The Labute approximate surface area is 282 Å². The van der Waals surface area contributed by atoms with Gasteiger partial charge in [-0.05, 0) is 0 Å². The van der Waals surface area contributed by atoms with Crippen LogP contribution in [0.3, 0.4) is 0 Å². The summed E-state index contributed by atoms with van der Waals surface area (Å²) >= 11 is 0. The molecule has 0 bridgehead atoms. The van der Waals surface area contributed by atoms with Crippen molar-refractivity contribution in [1.82, 2.24) is 39.0 Å². The number of phosphoric ester groups is 2. The van der Waals surface area contributed by atoms with Crippen molar-refractivity contribution in [1.29, 1.82) is 0 Å². The van der Waals surface area contributed by atoms with Gasteiger partial charge in [0.2, 0.25) is 0 Å². The van der Waals surface area contributed by atoms with E-state index in [1.165, 1.54) is 21.8 Å². The minimum Gasteiger partial charge on any atom is -1.00 e. The molecule has 25 heteroatoms. The summed E-state index contributed by atoms with van der Waals surface area (Å²) < 4.78 is 61.2. The summed E-state index contributed by atoms with van der Waals surface area (Å²) in [5.41, 5.74) is 12.4. The minimum atomic E-state index is -5.00. The second-order valence-electron chi connectivity index (χ2n) is 9.95. The molecule has 7 rings (SSSR count). The monoisotopic (exact) mass is 698 g/mol. The summed E-state index contributed by atoms with van der Waals surface area (Å²) in [6, 6.07) is 0. The van der Waals surface area contributed by atoms with Crippen LogP contribution in [0.5, 0.6) is 0 Å². The van der Waals surface area contributed by atoms with Crippen LogP contribution in [0.4, 0.5) is 11.6 Å². The van der Waals surface area contributed by atoms with Gasteiger partial charge in [-0.1, -0.05) is 7.43 Å². The summed E-state index contributed by atoms with van der Waals surface area (Å²) in [7, 11) is -10.0. The van der Waals surface area contributed by atoms with Crippen molar-refractivity contribution < 1.29 is 87.7 Å². The fourth-order valence-electron chi connectivity index (χ4n) is 5.24. The Morgan fingerprint density at radius 1 is 0.739 bits per heavy atom. The molecule has 4 aromatic rings. The molecule has 7 heterocycles. The van der Waals surface area contributed by atoms with Gasteiger partial charge in [0.05, 0.1) is 25.9 Å². The molecule has 0 amide bonds. The molecule has 0 spiro atoms. The number of hydrogen-bond acceptors (Lipinski definition) is 18. The normalized spacial score (nSPS) is 36.6. The Morgan fingerprint density at radius 3 is 1.52 bits per heavy atom. The first-order valence-corrected chi connectivity index (χ1v) is 15.8. The first kappa shape index (κ1) is 35.1. The molecule has 0 radical (unpaired) electrons. The number of nitrogen functional groups attached to an aromatic ring is 2. The van der Waals surface area contributed by atoms with Gasteiger partial charge in [0.1, 0.15) is 60.3 Å². The van der Waals surface area contributed by atoms with Crippen LogP contribution in [-0.4, -0.2) is 109 Å². The maximum Gasteiger partial charge on any atom is 1.00 e. The van der Waals surface area contributed by atoms with Gasteiger partial charge in [0, 0.05) is 0 Å². The average molecular weight is 698 g/mol. The van der Waals surface area contributed by atoms with E-state index in [-0.39, 0.29) is 72.4 Å². The molecular formula is C21H29N10NaO12P2. The zero-order valence-electron chi connectivity index (χ0n) is 24.0. The van der Waals surface area contributed by atoms with Gasteiger partial charge in [-0.3, -0.25) is 27.2 Å². The largest absolute Gasteiger partial charge is 1.00 e. The number of rotatable bonds is 2. The number of aliphatic hydroxyl groups is 2. The number of phosphoric acid groups is 2. The second-order valence-corrected chi connectivity index (χ2v) is 12.8. The van der Waals surface area contributed by atoms with Crippen molar-refractivity contribution in [3.05, 3.63) is 25.3 Å². The zero-order chi connectivity index (χ0) is 31.0. The van der Waals surface area contributed by atoms with E-state index in [2.05, 4.69) is 29.9 Å². The standard InChI is InChI=1S/C20H24N10O12P2.CH4.Na.H/c21-15-9-17(25-3-23-15)29(5-27-9)19-11(31)13-7(39-19)1-37-43(33,34)42-14-8(2-38-44(35,36)41-13)40-20(12(14)32)30-6-28-10-16(22)24-4-26-18(10)30;;;/h3-8,11-14,19-20,31-32H,1-2H2,(H,33,34)(H,35,36)(H2,21,23,25)(H2,22,24,26);1H4;;/q;;+1;-1/t7-,8-,11-,12-,13-,14-,19-,20-;;;/m1.../s1. The SMILES string of the molecule is C.Nc1ncnc2c1ncn2[C@@H]1O[C@@H]2COP(=O)(O)O[C@H]3[C@@H](O)[C@H](n4cnc5c(N)ncnc54)O[C@@H]3COP(=O)(O)O[C@H]2[C@H]1O.[H-].[Na+]. The Balaban J connectivity index is 0.00000167. The number of aliphatic hydroxyl groups excluding tert-OH is 2. The molecule has 46 heavy (non-hydrogen) atoms. The third-order valence-corrected chi connectivity index (χ3v) is 9.23. The summed E-state index contributed by atoms with van der Waals surface area (Å²) in [5.74, 6) is 0.101. The quantitative estimate of drug-likeness (QED) is 0.0861. The van der Waals surface area contributed by atoms with E-state index in [0.717, 1.165) is 12.7 Å². The minimum absolute atomic E-state index is 0. The first-order valence-electron chi connectivity index (χ1n) is 12.8. The smallest absolute Gasteiger partial charge is 1.00 e. The Morgan fingerprint density at radius 2 is 1.13 bits per heavy atom. The molecule has 3 aliphatic rings.